The summed E-state index contributed by atoms with van der Waals surface area (Å²) >= 11 is 5.76. The zero-order valence-electron chi connectivity index (χ0n) is 8.74. The van der Waals surface area contributed by atoms with Gasteiger partial charge in [-0.1, -0.05) is 17.7 Å². The molecule has 0 aromatic heterocycles. The Labute approximate surface area is 98.8 Å². The van der Waals surface area contributed by atoms with E-state index in [1.165, 1.54) is 6.07 Å². The van der Waals surface area contributed by atoms with Crippen molar-refractivity contribution in [1.29, 1.82) is 0 Å². The molecule has 1 aromatic rings. The molecule has 16 heavy (non-hydrogen) atoms. The van der Waals surface area contributed by atoms with Crippen molar-refractivity contribution in [3.05, 3.63) is 33.3 Å². The third-order valence-electron chi connectivity index (χ3n) is 2.00. The maximum atomic E-state index is 10.8. The first-order valence-corrected chi connectivity index (χ1v) is 5.07. The average Bonchev–Trinajstić information content (AvgIpc) is 2.17. The normalized spacial score (nSPS) is 11.6. The number of nitrogens with zero attached hydrogens (tertiary/aromatic N) is 1. The van der Waals surface area contributed by atoms with Gasteiger partial charge in [-0.25, -0.2) is 0 Å². The van der Waals surface area contributed by atoms with Crippen LogP contribution in [-0.2, 0) is 0 Å². The smallest absolute Gasteiger partial charge is 0.310 e. The van der Waals surface area contributed by atoms with Crippen LogP contribution in [0.1, 0.15) is 13.3 Å². The van der Waals surface area contributed by atoms with Gasteiger partial charge in [0, 0.05) is 12.5 Å². The van der Waals surface area contributed by atoms with Crippen molar-refractivity contribution in [2.45, 2.75) is 19.4 Å². The number of nitrogens with one attached hydrogen (secondary N) is 1. The van der Waals surface area contributed by atoms with Crippen LogP contribution in [0.2, 0.25) is 5.02 Å². The molecule has 0 bridgehead atoms. The van der Waals surface area contributed by atoms with E-state index in [1.807, 2.05) is 6.92 Å². The van der Waals surface area contributed by atoms with Crippen LogP contribution in [0.15, 0.2) is 18.2 Å². The molecule has 0 heterocycles. The molecule has 0 radical (unpaired) electrons. The molecule has 1 aromatic carbocycles. The van der Waals surface area contributed by atoms with Crippen molar-refractivity contribution in [2.24, 2.45) is 0 Å². The second-order valence-corrected chi connectivity index (χ2v) is 3.75. The number of rotatable bonds is 4. The molecular formula is C11H11ClN2O2. The van der Waals surface area contributed by atoms with Gasteiger partial charge in [0.25, 0.3) is 0 Å². The standard InChI is InChI=1S/C11H11ClN2O2/c1-3-5-8(2)13-10-7-4-6-9(12)11(10)14(15)16/h1,4,6-8,13H,5H2,2H3. The topological polar surface area (TPSA) is 55.2 Å². The minimum atomic E-state index is -0.507. The van der Waals surface area contributed by atoms with E-state index in [0.717, 1.165) is 0 Å². The van der Waals surface area contributed by atoms with E-state index in [4.69, 9.17) is 18.0 Å². The van der Waals surface area contributed by atoms with Crippen LogP contribution >= 0.6 is 11.6 Å². The minimum Gasteiger partial charge on any atom is -0.376 e. The van der Waals surface area contributed by atoms with Gasteiger partial charge in [-0.3, -0.25) is 10.1 Å². The quantitative estimate of drug-likeness (QED) is 0.498. The third-order valence-corrected chi connectivity index (χ3v) is 2.30. The van der Waals surface area contributed by atoms with Crippen molar-refractivity contribution >= 4 is 23.0 Å². The van der Waals surface area contributed by atoms with Gasteiger partial charge in [-0.15, -0.1) is 12.3 Å². The fraction of sp³-hybridized carbons (Fsp3) is 0.273. The Balaban J connectivity index is 3.00. The lowest BCUT2D eigenvalue weighted by atomic mass is 10.2. The van der Waals surface area contributed by atoms with Gasteiger partial charge in [0.15, 0.2) is 0 Å². The number of nitro benzene ring substituents is 1. The zero-order valence-corrected chi connectivity index (χ0v) is 9.49. The van der Waals surface area contributed by atoms with Crippen molar-refractivity contribution in [3.63, 3.8) is 0 Å². The van der Waals surface area contributed by atoms with Crippen molar-refractivity contribution in [2.75, 3.05) is 5.32 Å². The number of terminal acetylenes is 1. The Morgan fingerprint density at radius 3 is 2.94 bits per heavy atom. The molecule has 0 spiro atoms. The fourth-order valence-electron chi connectivity index (χ4n) is 1.31. The Kier molecular flexibility index (Phi) is 4.15. The van der Waals surface area contributed by atoms with Gasteiger partial charge < -0.3 is 5.32 Å². The highest BCUT2D eigenvalue weighted by molar-refractivity contribution is 6.33. The maximum absolute atomic E-state index is 10.8. The number of nitro groups is 1. The Hall–Kier alpha value is -1.73. The fourth-order valence-corrected chi connectivity index (χ4v) is 1.55. The summed E-state index contributed by atoms with van der Waals surface area (Å²) in [7, 11) is 0. The van der Waals surface area contributed by atoms with Crippen LogP contribution < -0.4 is 5.32 Å². The summed E-state index contributed by atoms with van der Waals surface area (Å²) in [5.74, 6) is 2.49. The highest BCUT2D eigenvalue weighted by Crippen LogP contribution is 2.32. The molecule has 4 nitrogen and oxygen atoms in total. The van der Waals surface area contributed by atoms with E-state index >= 15 is 0 Å². The van der Waals surface area contributed by atoms with Crippen LogP contribution in [0.5, 0.6) is 0 Å². The highest BCUT2D eigenvalue weighted by Gasteiger charge is 2.18. The number of para-hydroxylation sites is 1. The van der Waals surface area contributed by atoms with Gasteiger partial charge in [0.1, 0.15) is 10.7 Å². The van der Waals surface area contributed by atoms with Gasteiger partial charge in [-0.2, -0.15) is 0 Å². The van der Waals surface area contributed by atoms with Crippen LogP contribution in [0.3, 0.4) is 0 Å². The molecule has 0 aliphatic carbocycles. The van der Waals surface area contributed by atoms with Gasteiger partial charge in [0.05, 0.1) is 4.92 Å². The molecule has 0 saturated heterocycles. The predicted octanol–water partition coefficient (Wildman–Crippen LogP) is 3.07. The first kappa shape index (κ1) is 12.3. The van der Waals surface area contributed by atoms with Crippen molar-refractivity contribution in [3.8, 4) is 12.3 Å². The molecule has 0 aliphatic rings. The SMILES string of the molecule is C#CCC(C)Nc1cccc(Cl)c1[N+](=O)[O-]. The second kappa shape index (κ2) is 5.38. The zero-order chi connectivity index (χ0) is 12.1. The largest absolute Gasteiger partial charge is 0.376 e. The average molecular weight is 239 g/mol. The Morgan fingerprint density at radius 2 is 2.38 bits per heavy atom. The van der Waals surface area contributed by atoms with E-state index in [-0.39, 0.29) is 16.8 Å². The number of hydrogen-bond donors (Lipinski definition) is 1. The van der Waals surface area contributed by atoms with Crippen molar-refractivity contribution in [1.82, 2.24) is 0 Å². The predicted molar refractivity (Wildman–Crippen MR) is 64.6 cm³/mol. The minimum absolute atomic E-state index is 0.0397. The van der Waals surface area contributed by atoms with Gasteiger partial charge in [-0.05, 0) is 19.1 Å². The molecule has 1 unspecified atom stereocenters. The van der Waals surface area contributed by atoms with E-state index in [2.05, 4.69) is 11.2 Å². The monoisotopic (exact) mass is 238 g/mol. The van der Waals surface area contributed by atoms with E-state index in [1.54, 1.807) is 12.1 Å². The Morgan fingerprint density at radius 1 is 1.69 bits per heavy atom. The molecule has 0 saturated carbocycles. The first-order valence-electron chi connectivity index (χ1n) is 4.69. The van der Waals surface area contributed by atoms with Gasteiger partial charge in [0.2, 0.25) is 0 Å². The molecule has 1 N–H and O–H groups in total. The van der Waals surface area contributed by atoms with Crippen LogP contribution in [-0.4, -0.2) is 11.0 Å². The highest BCUT2D eigenvalue weighted by atomic mass is 35.5. The van der Waals surface area contributed by atoms with E-state index in [9.17, 15) is 10.1 Å². The Bertz CT molecular complexity index is 440. The summed E-state index contributed by atoms with van der Waals surface area (Å²) in [6.45, 7) is 1.85. The molecule has 0 fully saturated rings. The summed E-state index contributed by atoms with van der Waals surface area (Å²) < 4.78 is 0. The van der Waals surface area contributed by atoms with E-state index in [0.29, 0.717) is 12.1 Å². The molecular weight excluding hydrogens is 228 g/mol. The maximum Gasteiger partial charge on any atom is 0.310 e. The van der Waals surface area contributed by atoms with Crippen molar-refractivity contribution < 1.29 is 4.92 Å². The summed E-state index contributed by atoms with van der Waals surface area (Å²) in [5.41, 5.74) is 0.272. The summed E-state index contributed by atoms with van der Waals surface area (Å²) in [5, 5.41) is 13.9. The summed E-state index contributed by atoms with van der Waals surface area (Å²) in [6, 6.07) is 4.70. The van der Waals surface area contributed by atoms with Crippen LogP contribution in [0, 0.1) is 22.5 Å². The lowest BCUT2D eigenvalue weighted by molar-refractivity contribution is -0.383. The third kappa shape index (κ3) is 2.88. The molecule has 84 valence electrons. The summed E-state index contributed by atoms with van der Waals surface area (Å²) in [4.78, 5) is 10.3. The number of anilines is 1. The number of hydrogen-bond acceptors (Lipinski definition) is 3. The molecule has 1 atom stereocenters. The number of benzene rings is 1. The second-order valence-electron chi connectivity index (χ2n) is 3.35. The molecule has 5 heteroatoms. The first-order chi connectivity index (χ1) is 7.56. The van der Waals surface area contributed by atoms with Gasteiger partial charge >= 0.3 is 5.69 Å². The summed E-state index contributed by atoms with van der Waals surface area (Å²) in [6.07, 6.45) is 5.65. The molecule has 0 amide bonds. The lowest BCUT2D eigenvalue weighted by Gasteiger charge is -2.12. The van der Waals surface area contributed by atoms with E-state index < -0.39 is 4.92 Å². The van der Waals surface area contributed by atoms with Crippen LogP contribution in [0.4, 0.5) is 11.4 Å². The molecule has 1 rings (SSSR count). The van der Waals surface area contributed by atoms with Crippen LogP contribution in [0.25, 0.3) is 0 Å². The molecule has 0 aliphatic heterocycles. The lowest BCUT2D eigenvalue weighted by Crippen LogP contribution is -2.15. The number of halogens is 1.